The molecule has 1 unspecified atom stereocenters. The molecule has 0 rings (SSSR count). The van der Waals surface area contributed by atoms with Gasteiger partial charge in [-0.3, -0.25) is 0 Å². The van der Waals surface area contributed by atoms with Gasteiger partial charge in [-0.1, -0.05) is 6.92 Å². The fraction of sp³-hybridized carbons (Fsp3) is 1.00. The van der Waals surface area contributed by atoms with Crippen LogP contribution in [0.15, 0.2) is 0 Å². The zero-order valence-electron chi connectivity index (χ0n) is 6.72. The van der Waals surface area contributed by atoms with E-state index >= 15 is 0 Å². The summed E-state index contributed by atoms with van der Waals surface area (Å²) in [6, 6.07) is -2.43. The molecule has 0 aliphatic carbocycles. The number of hydrogen-bond donors (Lipinski definition) is 1. The molecule has 3 heteroatoms. The Morgan fingerprint density at radius 3 is 2.40 bits per heavy atom. The molecule has 1 atom stereocenters. The Labute approximate surface area is 61.0 Å². The van der Waals surface area contributed by atoms with Crippen LogP contribution in [0, 0.1) is 0 Å². The zero-order valence-corrected chi connectivity index (χ0v) is 6.72. The number of halogens is 1. The first kappa shape index (κ1) is 9.85. The average Bonchev–Trinajstić information content (AvgIpc) is 1.59. The molecule has 0 aromatic rings. The summed E-state index contributed by atoms with van der Waals surface area (Å²) in [5.41, 5.74) is 0. The second kappa shape index (κ2) is 3.88. The lowest BCUT2D eigenvalue weighted by Crippen LogP contribution is -2.29. The molecule has 0 saturated heterocycles. The molecule has 0 aromatic carbocycles. The normalized spacial score (nSPS) is 17.4. The second-order valence-electron chi connectivity index (χ2n) is 2.61. The van der Waals surface area contributed by atoms with Crippen LogP contribution in [0.4, 0.5) is 4.39 Å². The summed E-state index contributed by atoms with van der Waals surface area (Å²) in [5.74, 6) is 0. The van der Waals surface area contributed by atoms with Crippen molar-refractivity contribution in [3.05, 3.63) is 0 Å². The largest absolute Gasteiger partial charge is 0.340 e. The molecule has 0 fully saturated rings. The van der Waals surface area contributed by atoms with E-state index in [0.717, 1.165) is 0 Å². The van der Waals surface area contributed by atoms with Gasteiger partial charge in [-0.2, -0.15) is 4.39 Å². The van der Waals surface area contributed by atoms with Crippen LogP contribution in [-0.4, -0.2) is 17.3 Å². The van der Waals surface area contributed by atoms with E-state index in [0.29, 0.717) is 6.42 Å². The zero-order chi connectivity index (χ0) is 8.20. The van der Waals surface area contributed by atoms with Gasteiger partial charge < -0.3 is 9.84 Å². The number of aliphatic hydroxyl groups is 1. The molecule has 10 heavy (non-hydrogen) atoms. The molecule has 0 bridgehead atoms. The predicted molar refractivity (Wildman–Crippen MR) is 37.2 cm³/mol. The first-order valence-corrected chi connectivity index (χ1v) is 3.57. The van der Waals surface area contributed by atoms with Crippen molar-refractivity contribution >= 4 is 0 Å². The summed E-state index contributed by atoms with van der Waals surface area (Å²) in [5, 5.41) is 8.80. The molecule has 0 saturated carbocycles. The van der Waals surface area contributed by atoms with Crippen LogP contribution in [-0.2, 0) is 4.74 Å². The summed E-state index contributed by atoms with van der Waals surface area (Å²) in [4.78, 5) is 0. The SMILES string of the molecule is CCCC(O)(F)OC(C)C. The molecular formula is C7H15FO2. The standard InChI is InChI=1S/C7H15FO2/c1-4-5-7(8,9)10-6(2)3/h6,9H,4-5H2,1-3H3. The quantitative estimate of drug-likeness (QED) is 0.619. The van der Waals surface area contributed by atoms with Crippen LogP contribution in [0.1, 0.15) is 33.6 Å². The maximum Gasteiger partial charge on any atom is 0.318 e. The van der Waals surface area contributed by atoms with Gasteiger partial charge in [0, 0.05) is 6.42 Å². The van der Waals surface area contributed by atoms with E-state index in [1.807, 2.05) is 0 Å². The van der Waals surface area contributed by atoms with E-state index in [-0.39, 0.29) is 12.5 Å². The van der Waals surface area contributed by atoms with Crippen molar-refractivity contribution in [3.63, 3.8) is 0 Å². The number of ether oxygens (including phenoxy) is 1. The molecule has 0 amide bonds. The minimum atomic E-state index is -2.43. The van der Waals surface area contributed by atoms with Crippen LogP contribution in [0.2, 0.25) is 0 Å². The van der Waals surface area contributed by atoms with Gasteiger partial charge in [0.1, 0.15) is 0 Å². The summed E-state index contributed by atoms with van der Waals surface area (Å²) in [6.45, 7) is 5.15. The van der Waals surface area contributed by atoms with Gasteiger partial charge in [0.05, 0.1) is 6.10 Å². The molecular weight excluding hydrogens is 135 g/mol. The molecule has 0 aromatic heterocycles. The highest BCUT2D eigenvalue weighted by atomic mass is 19.2. The molecule has 1 N–H and O–H groups in total. The smallest absolute Gasteiger partial charge is 0.318 e. The summed E-state index contributed by atoms with van der Waals surface area (Å²) in [6.07, 6.45) is 0.326. The van der Waals surface area contributed by atoms with Crippen LogP contribution in [0.3, 0.4) is 0 Å². The van der Waals surface area contributed by atoms with Crippen molar-refractivity contribution in [2.75, 3.05) is 0 Å². The van der Waals surface area contributed by atoms with Gasteiger partial charge in [0.25, 0.3) is 0 Å². The van der Waals surface area contributed by atoms with Crippen molar-refractivity contribution < 1.29 is 14.2 Å². The minimum absolute atomic E-state index is 0.0329. The van der Waals surface area contributed by atoms with E-state index in [1.54, 1.807) is 20.8 Å². The van der Waals surface area contributed by atoms with E-state index in [4.69, 9.17) is 5.11 Å². The monoisotopic (exact) mass is 150 g/mol. The van der Waals surface area contributed by atoms with E-state index in [2.05, 4.69) is 4.74 Å². The van der Waals surface area contributed by atoms with Gasteiger partial charge in [0.15, 0.2) is 0 Å². The molecule has 0 aliphatic heterocycles. The maximum atomic E-state index is 12.7. The first-order chi connectivity index (χ1) is 4.48. The van der Waals surface area contributed by atoms with Crippen molar-refractivity contribution in [3.8, 4) is 0 Å². The molecule has 0 radical (unpaired) electrons. The highest BCUT2D eigenvalue weighted by molar-refractivity contribution is 4.51. The summed E-state index contributed by atoms with van der Waals surface area (Å²) >= 11 is 0. The van der Waals surface area contributed by atoms with Crippen molar-refractivity contribution in [1.29, 1.82) is 0 Å². The lowest BCUT2D eigenvalue weighted by molar-refractivity contribution is -0.307. The van der Waals surface area contributed by atoms with Crippen molar-refractivity contribution in [1.82, 2.24) is 0 Å². The Bertz CT molecular complexity index is 91.6. The van der Waals surface area contributed by atoms with Gasteiger partial charge in [-0.05, 0) is 20.3 Å². The average molecular weight is 150 g/mol. The lowest BCUT2D eigenvalue weighted by Gasteiger charge is -2.20. The molecule has 0 aliphatic rings. The predicted octanol–water partition coefficient (Wildman–Crippen LogP) is 1.83. The van der Waals surface area contributed by atoms with E-state index in [9.17, 15) is 4.39 Å². The van der Waals surface area contributed by atoms with Gasteiger partial charge >= 0.3 is 6.04 Å². The number of hydrogen-bond acceptors (Lipinski definition) is 2. The van der Waals surface area contributed by atoms with Gasteiger partial charge in [0.2, 0.25) is 0 Å². The Morgan fingerprint density at radius 1 is 1.60 bits per heavy atom. The van der Waals surface area contributed by atoms with Crippen LogP contribution < -0.4 is 0 Å². The third-order valence-corrected chi connectivity index (χ3v) is 0.975. The summed E-state index contributed by atoms with van der Waals surface area (Å²) < 4.78 is 17.2. The first-order valence-electron chi connectivity index (χ1n) is 3.57. The van der Waals surface area contributed by atoms with Gasteiger partial charge in [-0.15, -0.1) is 0 Å². The minimum Gasteiger partial charge on any atom is -0.340 e. The van der Waals surface area contributed by atoms with E-state index in [1.165, 1.54) is 0 Å². The third kappa shape index (κ3) is 4.70. The number of rotatable bonds is 4. The van der Waals surface area contributed by atoms with E-state index < -0.39 is 6.04 Å². The highest BCUT2D eigenvalue weighted by Gasteiger charge is 2.26. The fourth-order valence-electron chi connectivity index (χ4n) is 0.728. The molecule has 0 heterocycles. The summed E-state index contributed by atoms with van der Waals surface area (Å²) in [7, 11) is 0. The third-order valence-electron chi connectivity index (χ3n) is 0.975. The molecule has 0 spiro atoms. The topological polar surface area (TPSA) is 29.5 Å². The second-order valence-corrected chi connectivity index (χ2v) is 2.61. The van der Waals surface area contributed by atoms with Crippen LogP contribution in [0.25, 0.3) is 0 Å². The van der Waals surface area contributed by atoms with Crippen LogP contribution in [0.5, 0.6) is 0 Å². The Hall–Kier alpha value is -0.150. The molecule has 2 nitrogen and oxygen atoms in total. The lowest BCUT2D eigenvalue weighted by atomic mass is 10.3. The maximum absolute atomic E-state index is 12.7. The van der Waals surface area contributed by atoms with Crippen molar-refractivity contribution in [2.24, 2.45) is 0 Å². The highest BCUT2D eigenvalue weighted by Crippen LogP contribution is 2.17. The fourth-order valence-corrected chi connectivity index (χ4v) is 0.728. The van der Waals surface area contributed by atoms with Gasteiger partial charge in [-0.25, -0.2) is 0 Å². The Kier molecular flexibility index (Phi) is 3.83. The Balaban J connectivity index is 3.63. The van der Waals surface area contributed by atoms with Crippen molar-refractivity contribution in [2.45, 2.75) is 45.8 Å². The molecule has 62 valence electrons. The Morgan fingerprint density at radius 2 is 2.10 bits per heavy atom. The van der Waals surface area contributed by atoms with Crippen LogP contribution >= 0.6 is 0 Å². The number of alkyl halides is 1.